The Kier molecular flexibility index (Phi) is 6.10. The molecule has 2 rings (SSSR count). The molecule has 136 valence electrons. The van der Waals surface area contributed by atoms with Crippen LogP contribution in [0.25, 0.3) is 12.2 Å². The SMILES string of the molecule is O=C(C=Cc1ccc(F)cc1F)CS(=O)(=O)/C=C\c1ccc(F)cc1F. The molecule has 2 aromatic carbocycles. The third-order valence-corrected chi connectivity index (χ3v) is 4.41. The number of hydrogen-bond donors (Lipinski definition) is 0. The van der Waals surface area contributed by atoms with E-state index in [0.29, 0.717) is 17.5 Å². The highest BCUT2D eigenvalue weighted by Crippen LogP contribution is 2.13. The number of rotatable bonds is 6. The Morgan fingerprint density at radius 3 is 1.85 bits per heavy atom. The van der Waals surface area contributed by atoms with Crippen molar-refractivity contribution in [2.75, 3.05) is 5.75 Å². The zero-order chi connectivity index (χ0) is 19.3. The van der Waals surface area contributed by atoms with Gasteiger partial charge in [-0.1, -0.05) is 0 Å². The summed E-state index contributed by atoms with van der Waals surface area (Å²) in [5.74, 6) is -5.22. The second-order valence-corrected chi connectivity index (χ2v) is 7.13. The van der Waals surface area contributed by atoms with E-state index < -0.39 is 44.6 Å². The van der Waals surface area contributed by atoms with Crippen molar-refractivity contribution in [1.82, 2.24) is 0 Å². The van der Waals surface area contributed by atoms with Crippen molar-refractivity contribution in [2.24, 2.45) is 0 Å². The van der Waals surface area contributed by atoms with Crippen LogP contribution < -0.4 is 0 Å². The minimum Gasteiger partial charge on any atom is -0.294 e. The molecule has 0 radical (unpaired) electrons. The molecule has 0 heterocycles. The maximum absolute atomic E-state index is 13.4. The molecule has 0 aliphatic rings. The van der Waals surface area contributed by atoms with Gasteiger partial charge in [0, 0.05) is 28.7 Å². The van der Waals surface area contributed by atoms with Gasteiger partial charge in [-0.15, -0.1) is 0 Å². The average molecular weight is 384 g/mol. The number of hydrogen-bond acceptors (Lipinski definition) is 3. The van der Waals surface area contributed by atoms with E-state index in [2.05, 4.69) is 0 Å². The first kappa shape index (κ1) is 19.6. The summed E-state index contributed by atoms with van der Waals surface area (Å²) in [6.45, 7) is 0. The van der Waals surface area contributed by atoms with Crippen LogP contribution in [0.4, 0.5) is 17.6 Å². The Balaban J connectivity index is 2.07. The van der Waals surface area contributed by atoms with Crippen LogP contribution in [0, 0.1) is 23.3 Å². The molecule has 0 fully saturated rings. The number of sulfone groups is 1. The van der Waals surface area contributed by atoms with E-state index in [1.54, 1.807) is 0 Å². The number of allylic oxidation sites excluding steroid dienone is 1. The zero-order valence-corrected chi connectivity index (χ0v) is 13.9. The molecular weight excluding hydrogens is 372 g/mol. The highest BCUT2D eigenvalue weighted by atomic mass is 32.2. The Morgan fingerprint density at radius 2 is 1.35 bits per heavy atom. The van der Waals surface area contributed by atoms with Crippen LogP contribution in [0.3, 0.4) is 0 Å². The summed E-state index contributed by atoms with van der Waals surface area (Å²) >= 11 is 0. The summed E-state index contributed by atoms with van der Waals surface area (Å²) in [5.41, 5.74) is -0.243. The molecule has 0 N–H and O–H groups in total. The van der Waals surface area contributed by atoms with Crippen molar-refractivity contribution in [1.29, 1.82) is 0 Å². The van der Waals surface area contributed by atoms with Crippen LogP contribution in [-0.2, 0) is 14.6 Å². The summed E-state index contributed by atoms with van der Waals surface area (Å²) in [6, 6.07) is 5.32. The molecule has 26 heavy (non-hydrogen) atoms. The van der Waals surface area contributed by atoms with Crippen LogP contribution in [0.15, 0.2) is 47.9 Å². The minimum atomic E-state index is -4.02. The van der Waals surface area contributed by atoms with Crippen LogP contribution in [0.2, 0.25) is 0 Å². The second-order valence-electron chi connectivity index (χ2n) is 5.24. The molecule has 0 bridgehead atoms. The predicted octanol–water partition coefficient (Wildman–Crippen LogP) is 3.91. The van der Waals surface area contributed by atoms with Crippen LogP contribution in [0.5, 0.6) is 0 Å². The van der Waals surface area contributed by atoms with Gasteiger partial charge in [-0.25, -0.2) is 26.0 Å². The van der Waals surface area contributed by atoms with E-state index in [1.165, 1.54) is 0 Å². The van der Waals surface area contributed by atoms with Crippen molar-refractivity contribution in [3.05, 3.63) is 82.3 Å². The number of halogens is 4. The molecule has 0 atom stereocenters. The second kappa shape index (κ2) is 8.09. The fourth-order valence-corrected chi connectivity index (χ4v) is 2.87. The van der Waals surface area contributed by atoms with Gasteiger partial charge in [0.2, 0.25) is 0 Å². The van der Waals surface area contributed by atoms with E-state index in [1.807, 2.05) is 0 Å². The van der Waals surface area contributed by atoms with E-state index in [4.69, 9.17) is 0 Å². The third-order valence-electron chi connectivity index (χ3n) is 3.17. The number of carbonyl (C=O) groups excluding carboxylic acids is 1. The van der Waals surface area contributed by atoms with Gasteiger partial charge >= 0.3 is 0 Å². The molecule has 0 saturated heterocycles. The summed E-state index contributed by atoms with van der Waals surface area (Å²) in [6.07, 6.45) is 2.77. The summed E-state index contributed by atoms with van der Waals surface area (Å²) in [4.78, 5) is 11.7. The Morgan fingerprint density at radius 1 is 0.846 bits per heavy atom. The Labute approximate surface area is 147 Å². The van der Waals surface area contributed by atoms with Crippen LogP contribution >= 0.6 is 0 Å². The number of ketones is 1. The Bertz CT molecular complexity index is 995. The quantitative estimate of drug-likeness (QED) is 0.561. The van der Waals surface area contributed by atoms with Crippen molar-refractivity contribution in [2.45, 2.75) is 0 Å². The van der Waals surface area contributed by atoms with E-state index in [0.717, 1.165) is 42.5 Å². The molecule has 2 aromatic rings. The van der Waals surface area contributed by atoms with E-state index in [-0.39, 0.29) is 11.1 Å². The third kappa shape index (κ3) is 5.66. The van der Waals surface area contributed by atoms with Gasteiger partial charge in [-0.3, -0.25) is 4.79 Å². The molecule has 0 spiro atoms. The first-order chi connectivity index (χ1) is 12.2. The molecular formula is C18H12F4O3S. The Hall–Kier alpha value is -2.74. The van der Waals surface area contributed by atoms with E-state index in [9.17, 15) is 30.8 Å². The molecule has 3 nitrogen and oxygen atoms in total. The maximum atomic E-state index is 13.4. The fraction of sp³-hybridized carbons (Fsp3) is 0.0556. The van der Waals surface area contributed by atoms with Crippen molar-refractivity contribution < 1.29 is 30.8 Å². The molecule has 0 saturated carbocycles. The lowest BCUT2D eigenvalue weighted by atomic mass is 10.2. The molecule has 0 amide bonds. The van der Waals surface area contributed by atoms with Gasteiger partial charge < -0.3 is 0 Å². The van der Waals surface area contributed by atoms with Crippen LogP contribution in [0.1, 0.15) is 11.1 Å². The zero-order valence-electron chi connectivity index (χ0n) is 13.1. The monoisotopic (exact) mass is 384 g/mol. The number of carbonyl (C=O) groups is 1. The summed E-state index contributed by atoms with van der Waals surface area (Å²) in [5, 5.41) is 0.632. The molecule has 0 aliphatic carbocycles. The largest absolute Gasteiger partial charge is 0.294 e. The van der Waals surface area contributed by atoms with Gasteiger partial charge in [0.15, 0.2) is 15.6 Å². The van der Waals surface area contributed by atoms with Gasteiger partial charge in [-0.2, -0.15) is 0 Å². The van der Waals surface area contributed by atoms with Crippen molar-refractivity contribution >= 4 is 27.8 Å². The summed E-state index contributed by atoms with van der Waals surface area (Å²) < 4.78 is 76.1. The average Bonchev–Trinajstić information content (AvgIpc) is 2.52. The summed E-state index contributed by atoms with van der Waals surface area (Å²) in [7, 11) is -4.02. The lowest BCUT2D eigenvalue weighted by Gasteiger charge is -1.99. The first-order valence-electron chi connectivity index (χ1n) is 7.18. The molecule has 0 unspecified atom stereocenters. The van der Waals surface area contributed by atoms with Gasteiger partial charge in [0.05, 0.1) is 0 Å². The highest BCUT2D eigenvalue weighted by molar-refractivity contribution is 7.95. The molecule has 0 aromatic heterocycles. The first-order valence-corrected chi connectivity index (χ1v) is 8.90. The topological polar surface area (TPSA) is 51.2 Å². The van der Waals surface area contributed by atoms with Crippen molar-refractivity contribution in [3.8, 4) is 0 Å². The highest BCUT2D eigenvalue weighted by Gasteiger charge is 2.12. The lowest BCUT2D eigenvalue weighted by Crippen LogP contribution is -2.11. The maximum Gasteiger partial charge on any atom is 0.179 e. The van der Waals surface area contributed by atoms with Gasteiger partial charge in [0.25, 0.3) is 0 Å². The van der Waals surface area contributed by atoms with Gasteiger partial charge in [-0.05, 0) is 42.5 Å². The normalized spacial score (nSPS) is 12.2. The number of benzene rings is 2. The fourth-order valence-electron chi connectivity index (χ4n) is 1.93. The van der Waals surface area contributed by atoms with Crippen molar-refractivity contribution in [3.63, 3.8) is 0 Å². The smallest absolute Gasteiger partial charge is 0.179 e. The molecule has 0 aliphatic heterocycles. The standard InChI is InChI=1S/C18H12F4O3S/c19-14-4-1-12(17(21)9-14)3-6-16(23)11-26(24,25)8-7-13-2-5-15(20)10-18(13)22/h1-10H,11H2/b6-3?,8-7-. The van der Waals surface area contributed by atoms with Crippen LogP contribution in [-0.4, -0.2) is 20.0 Å². The molecule has 8 heteroatoms. The predicted molar refractivity (Wildman–Crippen MR) is 89.6 cm³/mol. The van der Waals surface area contributed by atoms with Gasteiger partial charge in [0.1, 0.15) is 29.0 Å². The minimum absolute atomic E-state index is 0.0823. The lowest BCUT2D eigenvalue weighted by molar-refractivity contribution is -0.112. The van der Waals surface area contributed by atoms with E-state index >= 15 is 0 Å².